The van der Waals surface area contributed by atoms with Crippen molar-refractivity contribution in [2.24, 2.45) is 0 Å². The number of H-pyrrole nitrogens is 1. The van der Waals surface area contributed by atoms with Gasteiger partial charge in [-0.15, -0.1) is 0 Å². The van der Waals surface area contributed by atoms with Gasteiger partial charge in [-0.1, -0.05) is 18.2 Å². The van der Waals surface area contributed by atoms with Crippen LogP contribution in [0.5, 0.6) is 0 Å². The second-order valence-corrected chi connectivity index (χ2v) is 10.00. The normalized spacial score (nSPS) is 18.4. The average molecular weight is 515 g/mol. The third-order valence-electron chi connectivity index (χ3n) is 6.85. The molecule has 7 nitrogen and oxygen atoms in total. The molecule has 1 aliphatic rings. The second kappa shape index (κ2) is 10.4. The Morgan fingerprint density at radius 2 is 1.76 bits per heavy atom. The van der Waals surface area contributed by atoms with Crippen molar-refractivity contribution >= 4 is 22.5 Å². The van der Waals surface area contributed by atoms with Crippen LogP contribution in [0, 0.1) is 12.7 Å². The van der Waals surface area contributed by atoms with Crippen molar-refractivity contribution in [1.29, 1.82) is 0 Å². The standard InChI is InChI=1S/C30H31FN4O3/c1-17-15-35(16-18(2)38-17)30(37)21-9-11-22(12-10-21)32-19(3)24-13-26-28(33-20(4)34-29(26)36)14-25(24)23-7-5-6-8-27(23)31/h5-14,17-19,32H,15-16H2,1-4H3,(H,33,34,36). The molecule has 1 fully saturated rings. The number of aromatic nitrogens is 2. The zero-order valence-electron chi connectivity index (χ0n) is 21.9. The molecule has 3 aromatic carbocycles. The minimum atomic E-state index is -0.350. The third kappa shape index (κ3) is 5.17. The van der Waals surface area contributed by atoms with Crippen LogP contribution in [0.15, 0.2) is 65.5 Å². The van der Waals surface area contributed by atoms with Gasteiger partial charge in [0.1, 0.15) is 11.6 Å². The molecule has 8 heteroatoms. The van der Waals surface area contributed by atoms with Gasteiger partial charge in [0.2, 0.25) is 0 Å². The number of nitrogens with one attached hydrogen (secondary N) is 2. The molecule has 0 saturated carbocycles. The van der Waals surface area contributed by atoms with Crippen molar-refractivity contribution in [2.45, 2.75) is 45.9 Å². The molecular formula is C30H31FN4O3. The van der Waals surface area contributed by atoms with E-state index < -0.39 is 0 Å². The van der Waals surface area contributed by atoms with Crippen LogP contribution in [0.4, 0.5) is 10.1 Å². The molecule has 1 aliphatic heterocycles. The van der Waals surface area contributed by atoms with E-state index in [2.05, 4.69) is 15.3 Å². The number of hydrogen-bond acceptors (Lipinski definition) is 5. The van der Waals surface area contributed by atoms with Crippen LogP contribution in [-0.4, -0.2) is 46.1 Å². The summed E-state index contributed by atoms with van der Waals surface area (Å²) < 4.78 is 20.6. The van der Waals surface area contributed by atoms with E-state index in [0.29, 0.717) is 46.5 Å². The number of aryl methyl sites for hydroxylation is 1. The van der Waals surface area contributed by atoms with Gasteiger partial charge in [-0.25, -0.2) is 9.37 Å². The van der Waals surface area contributed by atoms with Gasteiger partial charge < -0.3 is 19.9 Å². The molecule has 2 N–H and O–H groups in total. The lowest BCUT2D eigenvalue weighted by Gasteiger charge is -2.35. The van der Waals surface area contributed by atoms with Crippen molar-refractivity contribution in [3.63, 3.8) is 0 Å². The van der Waals surface area contributed by atoms with Gasteiger partial charge in [0.05, 0.1) is 23.1 Å². The van der Waals surface area contributed by atoms with Gasteiger partial charge in [-0.2, -0.15) is 0 Å². The fourth-order valence-electron chi connectivity index (χ4n) is 5.15. The first kappa shape index (κ1) is 25.6. The maximum Gasteiger partial charge on any atom is 0.258 e. The summed E-state index contributed by atoms with van der Waals surface area (Å²) in [6, 6.07) is 17.2. The van der Waals surface area contributed by atoms with E-state index in [1.165, 1.54) is 6.07 Å². The molecule has 0 radical (unpaired) electrons. The minimum Gasteiger partial charge on any atom is -0.378 e. The van der Waals surface area contributed by atoms with Crippen LogP contribution in [-0.2, 0) is 4.74 Å². The summed E-state index contributed by atoms with van der Waals surface area (Å²) >= 11 is 0. The van der Waals surface area contributed by atoms with Gasteiger partial charge in [-0.05, 0) is 81.3 Å². The summed E-state index contributed by atoms with van der Waals surface area (Å²) in [5.74, 6) is 0.123. The Kier molecular flexibility index (Phi) is 6.99. The molecule has 1 aromatic heterocycles. The van der Waals surface area contributed by atoms with Crippen LogP contribution in [0.2, 0.25) is 0 Å². The van der Waals surface area contributed by atoms with Crippen LogP contribution < -0.4 is 10.9 Å². The lowest BCUT2D eigenvalue weighted by atomic mass is 9.93. The molecule has 1 saturated heterocycles. The monoisotopic (exact) mass is 514 g/mol. The molecule has 0 spiro atoms. The Hall–Kier alpha value is -4.04. The predicted octanol–water partition coefficient (Wildman–Crippen LogP) is 5.46. The van der Waals surface area contributed by atoms with Gasteiger partial charge in [0.25, 0.3) is 11.5 Å². The number of aromatic amines is 1. The van der Waals surface area contributed by atoms with Crippen molar-refractivity contribution in [3.05, 3.63) is 93.8 Å². The molecule has 5 rings (SSSR count). The van der Waals surface area contributed by atoms with E-state index in [9.17, 15) is 14.0 Å². The third-order valence-corrected chi connectivity index (χ3v) is 6.85. The predicted molar refractivity (Wildman–Crippen MR) is 147 cm³/mol. The number of halogens is 1. The molecule has 38 heavy (non-hydrogen) atoms. The Balaban J connectivity index is 1.45. The van der Waals surface area contributed by atoms with Crippen molar-refractivity contribution < 1.29 is 13.9 Å². The summed E-state index contributed by atoms with van der Waals surface area (Å²) in [4.78, 5) is 34.8. The first-order valence-corrected chi connectivity index (χ1v) is 12.8. The summed E-state index contributed by atoms with van der Waals surface area (Å²) in [5, 5.41) is 3.88. The number of amides is 1. The number of anilines is 1. The first-order valence-electron chi connectivity index (χ1n) is 12.8. The van der Waals surface area contributed by atoms with Gasteiger partial charge in [0.15, 0.2) is 0 Å². The number of hydrogen-bond donors (Lipinski definition) is 2. The molecule has 196 valence electrons. The molecule has 2 heterocycles. The van der Waals surface area contributed by atoms with Crippen molar-refractivity contribution in [2.75, 3.05) is 18.4 Å². The van der Waals surface area contributed by atoms with Crippen LogP contribution in [0.3, 0.4) is 0 Å². The van der Waals surface area contributed by atoms with E-state index in [1.807, 2.05) is 37.8 Å². The number of nitrogens with zero attached hydrogens (tertiary/aromatic N) is 2. The molecule has 0 aliphatic carbocycles. The SMILES string of the molecule is Cc1nc2cc(-c3ccccc3F)c(C(C)Nc3ccc(C(=O)N4CC(C)OC(C)C4)cc3)cc2c(=O)[nH]1. The number of ether oxygens (including phenoxy) is 1. The zero-order valence-corrected chi connectivity index (χ0v) is 21.9. The van der Waals surface area contributed by atoms with Crippen LogP contribution in [0.1, 0.15) is 48.6 Å². The van der Waals surface area contributed by atoms with E-state index in [1.54, 1.807) is 49.4 Å². The average Bonchev–Trinajstić information content (AvgIpc) is 2.87. The number of carbonyl (C=O) groups excluding carboxylic acids is 1. The highest BCUT2D eigenvalue weighted by Gasteiger charge is 2.26. The number of morpholine rings is 1. The van der Waals surface area contributed by atoms with E-state index in [-0.39, 0.29) is 35.5 Å². The Morgan fingerprint density at radius 1 is 1.08 bits per heavy atom. The van der Waals surface area contributed by atoms with Crippen LogP contribution >= 0.6 is 0 Å². The molecule has 0 bridgehead atoms. The highest BCUT2D eigenvalue weighted by atomic mass is 19.1. The first-order chi connectivity index (χ1) is 18.2. The summed E-state index contributed by atoms with van der Waals surface area (Å²) in [5.41, 5.74) is 3.53. The zero-order chi connectivity index (χ0) is 27.0. The minimum absolute atomic E-state index is 0.00133. The van der Waals surface area contributed by atoms with E-state index >= 15 is 0 Å². The molecule has 4 aromatic rings. The fraction of sp³-hybridized carbons (Fsp3) is 0.300. The fourth-order valence-corrected chi connectivity index (χ4v) is 5.15. The highest BCUT2D eigenvalue weighted by Crippen LogP contribution is 2.34. The largest absolute Gasteiger partial charge is 0.378 e. The number of carbonyl (C=O) groups is 1. The summed E-state index contributed by atoms with van der Waals surface area (Å²) in [6.07, 6.45) is 0.00267. The Morgan fingerprint density at radius 3 is 2.45 bits per heavy atom. The van der Waals surface area contributed by atoms with E-state index in [4.69, 9.17) is 4.74 Å². The molecule has 1 amide bonds. The molecular weight excluding hydrogens is 483 g/mol. The van der Waals surface area contributed by atoms with Crippen LogP contribution in [0.25, 0.3) is 22.0 Å². The summed E-state index contributed by atoms with van der Waals surface area (Å²) in [7, 11) is 0. The topological polar surface area (TPSA) is 87.3 Å². The second-order valence-electron chi connectivity index (χ2n) is 10.00. The smallest absolute Gasteiger partial charge is 0.258 e. The summed E-state index contributed by atoms with van der Waals surface area (Å²) in [6.45, 7) is 8.74. The van der Waals surface area contributed by atoms with Gasteiger partial charge in [-0.3, -0.25) is 9.59 Å². The van der Waals surface area contributed by atoms with E-state index in [0.717, 1.165) is 11.3 Å². The van der Waals surface area contributed by atoms with Gasteiger partial charge >= 0.3 is 0 Å². The Bertz CT molecular complexity index is 1540. The number of benzene rings is 3. The van der Waals surface area contributed by atoms with Gasteiger partial charge in [0, 0.05) is 35.9 Å². The molecule has 3 unspecified atom stereocenters. The quantitative estimate of drug-likeness (QED) is 0.369. The Labute approximate surface area is 220 Å². The number of fused-ring (bicyclic) bond motifs is 1. The van der Waals surface area contributed by atoms with Crippen molar-refractivity contribution in [3.8, 4) is 11.1 Å². The highest BCUT2D eigenvalue weighted by molar-refractivity contribution is 5.94. The lowest BCUT2D eigenvalue weighted by molar-refractivity contribution is -0.0586. The number of rotatable bonds is 5. The maximum atomic E-state index is 14.9. The van der Waals surface area contributed by atoms with Crippen molar-refractivity contribution in [1.82, 2.24) is 14.9 Å². The molecule has 3 atom stereocenters. The maximum absolute atomic E-state index is 14.9. The lowest BCUT2D eigenvalue weighted by Crippen LogP contribution is -2.48.